The fourth-order valence-electron chi connectivity index (χ4n) is 9.28. The molecule has 5 nitrogen and oxygen atoms in total. The van der Waals surface area contributed by atoms with Crippen molar-refractivity contribution in [3.8, 4) is 50.9 Å². The van der Waals surface area contributed by atoms with E-state index in [9.17, 15) is 5.26 Å². The Morgan fingerprint density at radius 1 is 0.517 bits per heavy atom. The van der Waals surface area contributed by atoms with E-state index in [0.29, 0.717) is 5.56 Å². The van der Waals surface area contributed by atoms with Crippen molar-refractivity contribution in [3.63, 3.8) is 0 Å². The summed E-state index contributed by atoms with van der Waals surface area (Å²) in [4.78, 5) is 5.34. The topological polar surface area (TPSA) is 69.4 Å². The first-order chi connectivity index (χ1) is 28.7. The summed E-state index contributed by atoms with van der Waals surface area (Å²) in [6.45, 7) is 0. The Hall–Kier alpha value is -7.52. The number of rotatable bonds is 5. The summed E-state index contributed by atoms with van der Waals surface area (Å²) >= 11 is 0. The van der Waals surface area contributed by atoms with E-state index in [-0.39, 0.29) is 12.3 Å². The van der Waals surface area contributed by atoms with Crippen molar-refractivity contribution in [1.29, 1.82) is 5.26 Å². The number of hydrogen-bond acceptors (Lipinski definition) is 5. The van der Waals surface area contributed by atoms with Gasteiger partial charge >= 0.3 is 0 Å². The van der Waals surface area contributed by atoms with Gasteiger partial charge in [0.25, 0.3) is 0 Å². The SMILES string of the molecule is N#Cc1ccc(-c2ccc(-c3cccc(C4N=C(c5ccccc5)NC(c5cccc6c5-c5ccccc5C65c6ccccc6Oc6ccccc65)N4)c3)cc2)cc1. The van der Waals surface area contributed by atoms with E-state index in [4.69, 9.17) is 9.73 Å². The first-order valence-electron chi connectivity index (χ1n) is 19.7. The fraction of sp³-hybridized carbons (Fsp3) is 0.0566. The number of ether oxygens (including phenoxy) is 1. The van der Waals surface area contributed by atoms with Gasteiger partial charge in [0.15, 0.2) is 0 Å². The van der Waals surface area contributed by atoms with E-state index in [1.165, 1.54) is 22.3 Å². The van der Waals surface area contributed by atoms with Crippen molar-refractivity contribution >= 4 is 5.84 Å². The lowest BCUT2D eigenvalue weighted by Crippen LogP contribution is -2.45. The predicted octanol–water partition coefficient (Wildman–Crippen LogP) is 11.7. The molecular formula is C53H36N4O. The average molecular weight is 745 g/mol. The third-order valence-electron chi connectivity index (χ3n) is 11.9. The molecule has 2 heterocycles. The minimum atomic E-state index is -0.554. The first-order valence-corrected chi connectivity index (χ1v) is 19.7. The largest absolute Gasteiger partial charge is 0.457 e. The monoisotopic (exact) mass is 744 g/mol. The van der Waals surface area contributed by atoms with Gasteiger partial charge in [-0.25, -0.2) is 4.99 Å². The van der Waals surface area contributed by atoms with Crippen LogP contribution in [0.25, 0.3) is 33.4 Å². The number of aliphatic imine (C=N–C) groups is 1. The molecule has 2 N–H and O–H groups in total. The van der Waals surface area contributed by atoms with Crippen molar-refractivity contribution in [2.45, 2.75) is 17.7 Å². The first kappa shape index (κ1) is 33.8. The van der Waals surface area contributed by atoms with E-state index >= 15 is 0 Å². The lowest BCUT2D eigenvalue weighted by molar-refractivity contribution is 0.409. The number of fused-ring (bicyclic) bond motifs is 9. The molecule has 274 valence electrons. The highest BCUT2D eigenvalue weighted by atomic mass is 16.5. The molecule has 2 aliphatic heterocycles. The molecule has 0 aromatic heterocycles. The Labute approximate surface area is 337 Å². The van der Waals surface area contributed by atoms with E-state index in [1.807, 2.05) is 30.3 Å². The molecule has 5 heteroatoms. The molecule has 2 unspecified atom stereocenters. The van der Waals surface area contributed by atoms with Crippen molar-refractivity contribution in [3.05, 3.63) is 239 Å². The number of para-hydroxylation sites is 2. The van der Waals surface area contributed by atoms with Crippen molar-refractivity contribution < 1.29 is 4.74 Å². The quantitative estimate of drug-likeness (QED) is 0.184. The Balaban J connectivity index is 1.02. The van der Waals surface area contributed by atoms with Gasteiger partial charge in [0.05, 0.1) is 17.0 Å². The Kier molecular flexibility index (Phi) is 7.92. The molecule has 0 saturated carbocycles. The Morgan fingerprint density at radius 2 is 1.09 bits per heavy atom. The average Bonchev–Trinajstić information content (AvgIpc) is 3.60. The maximum Gasteiger partial charge on any atom is 0.132 e. The molecule has 8 aromatic rings. The van der Waals surface area contributed by atoms with Crippen LogP contribution >= 0.6 is 0 Å². The molecule has 8 aromatic carbocycles. The van der Waals surface area contributed by atoms with Crippen LogP contribution < -0.4 is 15.4 Å². The molecule has 0 saturated heterocycles. The van der Waals surface area contributed by atoms with Gasteiger partial charge < -0.3 is 10.1 Å². The maximum absolute atomic E-state index is 9.23. The minimum Gasteiger partial charge on any atom is -0.457 e. The number of amidine groups is 1. The standard InChI is InChI=1S/C53H36N4O/c54-33-34-24-26-35(27-25-34)36-28-30-37(31-29-36)39-14-10-15-40(32-39)51-55-50(38-12-2-1-3-13-38)56-52(57-51)42-17-11-21-46-49(42)41-16-4-5-18-43(41)53(46)44-19-6-8-22-47(44)58-48-23-9-7-20-45(48)53/h1-32,51-52,57H,(H,55,56). The van der Waals surface area contributed by atoms with E-state index in [0.717, 1.165) is 67.4 Å². The molecule has 0 fully saturated rings. The number of benzene rings is 8. The van der Waals surface area contributed by atoms with Gasteiger partial charge in [-0.05, 0) is 86.0 Å². The van der Waals surface area contributed by atoms with Crippen molar-refractivity contribution in [1.82, 2.24) is 10.6 Å². The van der Waals surface area contributed by atoms with Crippen LogP contribution in [0, 0.1) is 11.3 Å². The zero-order valence-electron chi connectivity index (χ0n) is 31.4. The van der Waals surface area contributed by atoms with Gasteiger partial charge in [-0.2, -0.15) is 5.26 Å². The smallest absolute Gasteiger partial charge is 0.132 e. The van der Waals surface area contributed by atoms with Crippen molar-refractivity contribution in [2.24, 2.45) is 4.99 Å². The molecular weight excluding hydrogens is 709 g/mol. The molecule has 2 atom stereocenters. The second-order valence-electron chi connectivity index (χ2n) is 15.0. The summed E-state index contributed by atoms with van der Waals surface area (Å²) in [6.07, 6.45) is -0.595. The van der Waals surface area contributed by atoms with Gasteiger partial charge in [0, 0.05) is 16.7 Å². The highest BCUT2D eigenvalue weighted by molar-refractivity contribution is 6.00. The van der Waals surface area contributed by atoms with Crippen LogP contribution in [-0.2, 0) is 5.41 Å². The number of nitrogens with zero attached hydrogens (tertiary/aromatic N) is 2. The minimum absolute atomic E-state index is 0.267. The Morgan fingerprint density at radius 3 is 1.79 bits per heavy atom. The zero-order valence-corrected chi connectivity index (χ0v) is 31.4. The summed E-state index contributed by atoms with van der Waals surface area (Å²) < 4.78 is 6.59. The van der Waals surface area contributed by atoms with Crippen LogP contribution in [0.5, 0.6) is 11.5 Å². The van der Waals surface area contributed by atoms with Gasteiger partial charge in [0.1, 0.15) is 29.7 Å². The molecule has 58 heavy (non-hydrogen) atoms. The van der Waals surface area contributed by atoms with Gasteiger partial charge in [0.2, 0.25) is 0 Å². The Bertz CT molecular complexity index is 2900. The summed E-state index contributed by atoms with van der Waals surface area (Å²) in [5, 5.41) is 17.0. The molecule has 0 radical (unpaired) electrons. The number of nitriles is 1. The number of hydrogen-bond donors (Lipinski definition) is 2. The molecule has 11 rings (SSSR count). The number of nitrogens with one attached hydrogen (secondary N) is 2. The zero-order chi connectivity index (χ0) is 38.6. The second-order valence-corrected chi connectivity index (χ2v) is 15.0. The molecule has 1 aliphatic carbocycles. The molecule has 1 spiro atoms. The summed E-state index contributed by atoms with van der Waals surface area (Å²) in [6, 6.07) is 70.3. The van der Waals surface area contributed by atoms with Crippen LogP contribution in [0.15, 0.2) is 199 Å². The molecule has 0 amide bonds. The van der Waals surface area contributed by atoms with Crippen LogP contribution in [-0.4, -0.2) is 5.84 Å². The van der Waals surface area contributed by atoms with Crippen molar-refractivity contribution in [2.75, 3.05) is 0 Å². The third kappa shape index (κ3) is 5.31. The summed E-state index contributed by atoms with van der Waals surface area (Å²) in [5.41, 5.74) is 15.0. The lowest BCUT2D eigenvalue weighted by Gasteiger charge is -2.39. The molecule has 3 aliphatic rings. The van der Waals surface area contributed by atoms with Crippen LogP contribution in [0.2, 0.25) is 0 Å². The van der Waals surface area contributed by atoms with E-state index < -0.39 is 5.41 Å². The summed E-state index contributed by atoms with van der Waals surface area (Å²) in [7, 11) is 0. The van der Waals surface area contributed by atoms with Gasteiger partial charge in [-0.1, -0.05) is 164 Å². The highest BCUT2D eigenvalue weighted by Crippen LogP contribution is 2.62. The second kappa shape index (κ2) is 13.6. The van der Waals surface area contributed by atoms with Gasteiger partial charge in [-0.15, -0.1) is 0 Å². The highest BCUT2D eigenvalue weighted by Gasteiger charge is 2.52. The lowest BCUT2D eigenvalue weighted by atomic mass is 9.66. The van der Waals surface area contributed by atoms with Crippen LogP contribution in [0.3, 0.4) is 0 Å². The predicted molar refractivity (Wildman–Crippen MR) is 231 cm³/mol. The van der Waals surface area contributed by atoms with Crippen LogP contribution in [0.1, 0.15) is 56.8 Å². The fourth-order valence-corrected chi connectivity index (χ4v) is 9.28. The van der Waals surface area contributed by atoms with Gasteiger partial charge in [-0.3, -0.25) is 5.32 Å². The van der Waals surface area contributed by atoms with Crippen LogP contribution in [0.4, 0.5) is 0 Å². The summed E-state index contributed by atoms with van der Waals surface area (Å²) in [5.74, 6) is 2.60. The third-order valence-corrected chi connectivity index (χ3v) is 11.9. The maximum atomic E-state index is 9.23. The molecule has 0 bridgehead atoms. The van der Waals surface area contributed by atoms with E-state index in [1.54, 1.807) is 0 Å². The normalized spacial score (nSPS) is 16.7. The van der Waals surface area contributed by atoms with E-state index in [2.05, 4.69) is 180 Å².